The smallest absolute Gasteiger partial charge is 0.237 e. The average molecular weight is 286 g/mol. The number of carbonyl (C=O) groups excluding carboxylic acids is 1. The van der Waals surface area contributed by atoms with Crippen molar-refractivity contribution in [3.63, 3.8) is 0 Å². The lowest BCUT2D eigenvalue weighted by Gasteiger charge is -2.31. The van der Waals surface area contributed by atoms with Crippen LogP contribution in [0.2, 0.25) is 0 Å². The Balaban J connectivity index is 1.56. The van der Waals surface area contributed by atoms with Gasteiger partial charge in [0.25, 0.3) is 0 Å². The van der Waals surface area contributed by atoms with Crippen molar-refractivity contribution in [3.05, 3.63) is 35.9 Å². The maximum absolute atomic E-state index is 12.7. The Morgan fingerprint density at radius 2 is 1.86 bits per heavy atom. The van der Waals surface area contributed by atoms with Gasteiger partial charge in [0.1, 0.15) is 0 Å². The summed E-state index contributed by atoms with van der Waals surface area (Å²) in [5, 5.41) is 0. The molecule has 2 aliphatic rings. The maximum Gasteiger partial charge on any atom is 0.237 e. The number of hydrogen-bond donors (Lipinski definition) is 0. The van der Waals surface area contributed by atoms with Crippen LogP contribution in [0.25, 0.3) is 0 Å². The Labute approximate surface area is 127 Å². The van der Waals surface area contributed by atoms with Gasteiger partial charge in [-0.25, -0.2) is 0 Å². The van der Waals surface area contributed by atoms with E-state index in [2.05, 4.69) is 41.0 Å². The molecule has 1 aromatic rings. The van der Waals surface area contributed by atoms with E-state index in [4.69, 9.17) is 0 Å². The van der Waals surface area contributed by atoms with E-state index in [1.165, 1.54) is 31.2 Å². The predicted molar refractivity (Wildman–Crippen MR) is 84.8 cm³/mol. The van der Waals surface area contributed by atoms with Crippen molar-refractivity contribution in [2.75, 3.05) is 13.6 Å². The molecule has 0 aromatic heterocycles. The van der Waals surface area contributed by atoms with Crippen LogP contribution in [0.3, 0.4) is 0 Å². The molecule has 1 aromatic carbocycles. The number of carbonyl (C=O) groups is 1. The highest BCUT2D eigenvalue weighted by atomic mass is 16.2. The lowest BCUT2D eigenvalue weighted by molar-refractivity contribution is -0.135. The average Bonchev–Trinajstić information content (AvgIpc) is 3.33. The van der Waals surface area contributed by atoms with Crippen LogP contribution in [0.4, 0.5) is 0 Å². The zero-order valence-corrected chi connectivity index (χ0v) is 13.2. The summed E-state index contributed by atoms with van der Waals surface area (Å²) >= 11 is 0. The minimum Gasteiger partial charge on any atom is -0.336 e. The molecule has 0 radical (unpaired) electrons. The molecule has 0 N–H and O–H groups in total. The van der Waals surface area contributed by atoms with Gasteiger partial charge in [0.15, 0.2) is 0 Å². The summed E-state index contributed by atoms with van der Waals surface area (Å²) in [5.74, 6) is 1.07. The lowest BCUT2D eigenvalue weighted by Crippen LogP contribution is -2.46. The van der Waals surface area contributed by atoms with Gasteiger partial charge in [0.2, 0.25) is 5.91 Å². The molecule has 0 heterocycles. The van der Waals surface area contributed by atoms with Gasteiger partial charge in [-0.2, -0.15) is 0 Å². The highest BCUT2D eigenvalue weighted by Gasteiger charge is 2.41. The molecule has 1 amide bonds. The first-order valence-electron chi connectivity index (χ1n) is 8.19. The SMILES string of the molecule is CC(C1CC1)N(C(=O)CN(C)Cc1ccccc1)C1CC1. The van der Waals surface area contributed by atoms with E-state index in [1.54, 1.807) is 0 Å². The molecule has 3 rings (SSSR count). The first-order chi connectivity index (χ1) is 10.1. The third-order valence-electron chi connectivity index (χ3n) is 4.67. The second kappa shape index (κ2) is 6.18. The molecule has 3 heteroatoms. The summed E-state index contributed by atoms with van der Waals surface area (Å²) in [6.07, 6.45) is 5.01. The number of likely N-dealkylation sites (N-methyl/N-ethyl adjacent to an activating group) is 1. The standard InChI is InChI=1S/C18H26N2O/c1-14(16-8-9-16)20(17-10-11-17)18(21)13-19(2)12-15-6-4-3-5-7-15/h3-7,14,16-17H,8-13H2,1-2H3. The van der Waals surface area contributed by atoms with Gasteiger partial charge >= 0.3 is 0 Å². The molecule has 2 saturated carbocycles. The van der Waals surface area contributed by atoms with Crippen molar-refractivity contribution in [1.82, 2.24) is 9.80 Å². The summed E-state index contributed by atoms with van der Waals surface area (Å²) in [6, 6.07) is 11.3. The number of amides is 1. The Hall–Kier alpha value is -1.35. The number of hydrogen-bond acceptors (Lipinski definition) is 2. The first-order valence-corrected chi connectivity index (χ1v) is 8.19. The van der Waals surface area contributed by atoms with E-state index in [9.17, 15) is 4.79 Å². The Morgan fingerprint density at radius 3 is 2.43 bits per heavy atom. The summed E-state index contributed by atoms with van der Waals surface area (Å²) in [6.45, 7) is 3.61. The van der Waals surface area contributed by atoms with Gasteiger partial charge in [0.05, 0.1) is 6.54 Å². The topological polar surface area (TPSA) is 23.6 Å². The quantitative estimate of drug-likeness (QED) is 0.769. The molecule has 1 atom stereocenters. The molecule has 3 nitrogen and oxygen atoms in total. The molecule has 1 unspecified atom stereocenters. The van der Waals surface area contributed by atoms with E-state index in [-0.39, 0.29) is 0 Å². The van der Waals surface area contributed by atoms with E-state index < -0.39 is 0 Å². The Morgan fingerprint density at radius 1 is 1.19 bits per heavy atom. The monoisotopic (exact) mass is 286 g/mol. The lowest BCUT2D eigenvalue weighted by atomic mass is 10.1. The highest BCUT2D eigenvalue weighted by molar-refractivity contribution is 5.79. The van der Waals surface area contributed by atoms with Gasteiger partial charge in [0, 0.05) is 18.6 Å². The van der Waals surface area contributed by atoms with Crippen LogP contribution < -0.4 is 0 Å². The van der Waals surface area contributed by atoms with E-state index in [1.807, 2.05) is 13.1 Å². The summed E-state index contributed by atoms with van der Waals surface area (Å²) in [7, 11) is 2.04. The fraction of sp³-hybridized carbons (Fsp3) is 0.611. The van der Waals surface area contributed by atoms with Crippen molar-refractivity contribution < 1.29 is 4.79 Å². The van der Waals surface area contributed by atoms with Crippen LogP contribution >= 0.6 is 0 Å². The maximum atomic E-state index is 12.7. The van der Waals surface area contributed by atoms with Gasteiger partial charge in [-0.1, -0.05) is 30.3 Å². The Bertz CT molecular complexity index is 479. The molecule has 2 aliphatic carbocycles. The molecular formula is C18H26N2O. The minimum atomic E-state index is 0.315. The molecule has 0 aliphatic heterocycles. The van der Waals surface area contributed by atoms with Crippen molar-refractivity contribution >= 4 is 5.91 Å². The van der Waals surface area contributed by atoms with Gasteiger partial charge < -0.3 is 4.90 Å². The van der Waals surface area contributed by atoms with Crippen molar-refractivity contribution in [3.8, 4) is 0 Å². The zero-order valence-electron chi connectivity index (χ0n) is 13.2. The largest absolute Gasteiger partial charge is 0.336 e. The number of nitrogens with zero attached hydrogens (tertiary/aromatic N) is 2. The van der Waals surface area contributed by atoms with Crippen LogP contribution in [0.15, 0.2) is 30.3 Å². The molecule has 114 valence electrons. The van der Waals surface area contributed by atoms with Gasteiger partial charge in [-0.3, -0.25) is 9.69 Å². The zero-order chi connectivity index (χ0) is 14.8. The molecule has 0 saturated heterocycles. The second-order valence-corrected chi connectivity index (χ2v) is 6.77. The first kappa shape index (κ1) is 14.6. The van der Waals surface area contributed by atoms with Crippen molar-refractivity contribution in [2.24, 2.45) is 5.92 Å². The summed E-state index contributed by atoms with van der Waals surface area (Å²) < 4.78 is 0. The van der Waals surface area contributed by atoms with E-state index in [0.717, 1.165) is 12.5 Å². The van der Waals surface area contributed by atoms with Crippen LogP contribution in [-0.4, -0.2) is 41.4 Å². The van der Waals surface area contributed by atoms with E-state index >= 15 is 0 Å². The molecule has 0 bridgehead atoms. The fourth-order valence-electron chi connectivity index (χ4n) is 3.19. The molecule has 21 heavy (non-hydrogen) atoms. The minimum absolute atomic E-state index is 0.315. The second-order valence-electron chi connectivity index (χ2n) is 6.77. The summed E-state index contributed by atoms with van der Waals surface area (Å²) in [5.41, 5.74) is 1.26. The fourth-order valence-corrected chi connectivity index (χ4v) is 3.19. The molecule has 0 spiro atoms. The van der Waals surface area contributed by atoms with Crippen LogP contribution in [0.1, 0.15) is 38.2 Å². The van der Waals surface area contributed by atoms with Crippen LogP contribution in [0.5, 0.6) is 0 Å². The number of benzene rings is 1. The molecule has 2 fully saturated rings. The van der Waals surface area contributed by atoms with Crippen molar-refractivity contribution in [1.29, 1.82) is 0 Å². The van der Waals surface area contributed by atoms with Crippen molar-refractivity contribution in [2.45, 2.75) is 51.2 Å². The highest BCUT2D eigenvalue weighted by Crippen LogP contribution is 2.39. The predicted octanol–water partition coefficient (Wildman–Crippen LogP) is 2.91. The Kier molecular flexibility index (Phi) is 4.29. The molecular weight excluding hydrogens is 260 g/mol. The van der Waals surface area contributed by atoms with Gasteiger partial charge in [-0.05, 0) is 51.1 Å². The summed E-state index contributed by atoms with van der Waals surface area (Å²) in [4.78, 5) is 17.0. The third-order valence-corrected chi connectivity index (χ3v) is 4.67. The van der Waals surface area contributed by atoms with E-state index in [0.29, 0.717) is 24.5 Å². The third kappa shape index (κ3) is 3.85. The number of rotatable bonds is 7. The van der Waals surface area contributed by atoms with Gasteiger partial charge in [-0.15, -0.1) is 0 Å². The normalized spacial score (nSPS) is 19.6. The van der Waals surface area contributed by atoms with Crippen LogP contribution in [-0.2, 0) is 11.3 Å². The van der Waals surface area contributed by atoms with Crippen LogP contribution in [0, 0.1) is 5.92 Å².